The van der Waals surface area contributed by atoms with E-state index in [1.54, 1.807) is 11.6 Å². The molecule has 118 valence electrons. The molecule has 0 aliphatic carbocycles. The van der Waals surface area contributed by atoms with Crippen molar-refractivity contribution in [2.24, 2.45) is 0 Å². The molecule has 0 saturated carbocycles. The SMILES string of the molecule is CSc1ncc2c(=O)n3c(nc2n1)c1ccccc1n3C(C)C#N. The highest BCUT2D eigenvalue weighted by molar-refractivity contribution is 7.98. The maximum atomic E-state index is 13.0. The molecule has 0 fully saturated rings. The molecule has 1 aromatic carbocycles. The van der Waals surface area contributed by atoms with E-state index in [0.717, 1.165) is 10.9 Å². The lowest BCUT2D eigenvalue weighted by Gasteiger charge is -2.09. The summed E-state index contributed by atoms with van der Waals surface area (Å²) in [5, 5.41) is 11.1. The summed E-state index contributed by atoms with van der Waals surface area (Å²) < 4.78 is 3.12. The van der Waals surface area contributed by atoms with Crippen LogP contribution in [0.5, 0.6) is 0 Å². The van der Waals surface area contributed by atoms with Crippen LogP contribution < -0.4 is 5.56 Å². The molecule has 1 atom stereocenters. The van der Waals surface area contributed by atoms with Gasteiger partial charge in [0.1, 0.15) is 11.4 Å². The summed E-state index contributed by atoms with van der Waals surface area (Å²) in [4.78, 5) is 26.1. The Morgan fingerprint density at radius 2 is 2.04 bits per heavy atom. The van der Waals surface area contributed by atoms with E-state index in [2.05, 4.69) is 21.0 Å². The van der Waals surface area contributed by atoms with Gasteiger partial charge in [-0.1, -0.05) is 23.9 Å². The van der Waals surface area contributed by atoms with E-state index < -0.39 is 6.04 Å². The second-order valence-electron chi connectivity index (χ2n) is 5.31. The molecule has 0 aliphatic rings. The third-order valence-electron chi connectivity index (χ3n) is 3.93. The van der Waals surface area contributed by atoms with Gasteiger partial charge in [0, 0.05) is 11.6 Å². The van der Waals surface area contributed by atoms with Gasteiger partial charge in [-0.2, -0.15) is 9.78 Å². The summed E-state index contributed by atoms with van der Waals surface area (Å²) in [5.41, 5.74) is 1.37. The lowest BCUT2D eigenvalue weighted by molar-refractivity contribution is 0.566. The first kappa shape index (κ1) is 14.7. The highest BCUT2D eigenvalue weighted by atomic mass is 32.2. The Hall–Kier alpha value is -2.92. The van der Waals surface area contributed by atoms with Gasteiger partial charge in [0.25, 0.3) is 5.56 Å². The van der Waals surface area contributed by atoms with Gasteiger partial charge in [0.05, 0.1) is 11.6 Å². The van der Waals surface area contributed by atoms with Gasteiger partial charge in [-0.15, -0.1) is 0 Å². The van der Waals surface area contributed by atoms with Crippen molar-refractivity contribution in [2.45, 2.75) is 18.1 Å². The molecule has 0 saturated heterocycles. The van der Waals surface area contributed by atoms with E-state index in [4.69, 9.17) is 0 Å². The van der Waals surface area contributed by atoms with E-state index in [9.17, 15) is 10.1 Å². The predicted molar refractivity (Wildman–Crippen MR) is 92.2 cm³/mol. The van der Waals surface area contributed by atoms with Gasteiger partial charge in [-0.05, 0) is 25.3 Å². The smallest absolute Gasteiger partial charge is 0.266 e. The van der Waals surface area contributed by atoms with Crippen LogP contribution >= 0.6 is 11.8 Å². The number of benzene rings is 1. The molecule has 7 nitrogen and oxygen atoms in total. The minimum absolute atomic E-state index is 0.277. The van der Waals surface area contributed by atoms with Crippen LogP contribution in [-0.2, 0) is 0 Å². The molecule has 24 heavy (non-hydrogen) atoms. The Morgan fingerprint density at radius 3 is 2.79 bits per heavy atom. The third kappa shape index (κ3) is 1.91. The molecule has 0 N–H and O–H groups in total. The Balaban J connectivity index is 2.28. The first-order chi connectivity index (χ1) is 11.7. The summed E-state index contributed by atoms with van der Waals surface area (Å²) in [6.45, 7) is 1.75. The van der Waals surface area contributed by atoms with Crippen LogP contribution in [0.2, 0.25) is 0 Å². The van der Waals surface area contributed by atoms with Crippen molar-refractivity contribution in [1.82, 2.24) is 24.1 Å². The quantitative estimate of drug-likeness (QED) is 0.412. The fraction of sp³-hybridized carbons (Fsp3) is 0.188. The number of aromatic nitrogens is 5. The van der Waals surface area contributed by atoms with Crippen molar-refractivity contribution in [1.29, 1.82) is 5.26 Å². The van der Waals surface area contributed by atoms with Crippen molar-refractivity contribution in [3.8, 4) is 6.07 Å². The Kier molecular flexibility index (Phi) is 3.25. The number of rotatable bonds is 2. The van der Waals surface area contributed by atoms with E-state index in [1.807, 2.05) is 30.5 Å². The number of para-hydroxylation sites is 1. The van der Waals surface area contributed by atoms with E-state index in [0.29, 0.717) is 21.8 Å². The average Bonchev–Trinajstić information content (AvgIpc) is 2.95. The molecule has 0 radical (unpaired) electrons. The second-order valence-corrected chi connectivity index (χ2v) is 6.09. The molecule has 3 aromatic heterocycles. The largest absolute Gasteiger partial charge is 0.284 e. The van der Waals surface area contributed by atoms with Crippen LogP contribution in [0.3, 0.4) is 0 Å². The van der Waals surface area contributed by atoms with Crippen molar-refractivity contribution in [3.05, 3.63) is 40.8 Å². The third-order valence-corrected chi connectivity index (χ3v) is 4.49. The maximum absolute atomic E-state index is 13.0. The molecule has 8 heteroatoms. The zero-order valence-corrected chi connectivity index (χ0v) is 13.8. The van der Waals surface area contributed by atoms with Gasteiger partial charge in [0.2, 0.25) is 0 Å². The van der Waals surface area contributed by atoms with E-state index in [1.165, 1.54) is 22.5 Å². The minimum Gasteiger partial charge on any atom is -0.266 e. The topological polar surface area (TPSA) is 88.9 Å². The average molecular weight is 336 g/mol. The second kappa shape index (κ2) is 5.32. The molecule has 0 spiro atoms. The Labute approximate surface area is 140 Å². The number of nitrogens with zero attached hydrogens (tertiary/aromatic N) is 6. The molecule has 0 amide bonds. The van der Waals surface area contributed by atoms with Crippen LogP contribution in [-0.4, -0.2) is 30.4 Å². The fourth-order valence-electron chi connectivity index (χ4n) is 2.83. The Bertz CT molecular complexity index is 1200. The van der Waals surface area contributed by atoms with Crippen LogP contribution in [0.15, 0.2) is 40.4 Å². The Morgan fingerprint density at radius 1 is 1.25 bits per heavy atom. The first-order valence-corrected chi connectivity index (χ1v) is 8.50. The predicted octanol–water partition coefficient (Wildman–Crippen LogP) is 2.40. The molecule has 3 heterocycles. The highest BCUT2D eigenvalue weighted by Gasteiger charge is 2.19. The lowest BCUT2D eigenvalue weighted by Crippen LogP contribution is -2.23. The van der Waals surface area contributed by atoms with Crippen molar-refractivity contribution < 1.29 is 0 Å². The highest BCUT2D eigenvalue weighted by Crippen LogP contribution is 2.24. The molecular weight excluding hydrogens is 324 g/mol. The maximum Gasteiger partial charge on any atom is 0.284 e. The van der Waals surface area contributed by atoms with Gasteiger partial charge in [-0.25, -0.2) is 15.0 Å². The molecular formula is C16H12N6OS. The monoisotopic (exact) mass is 336 g/mol. The van der Waals surface area contributed by atoms with Crippen LogP contribution in [0.1, 0.15) is 13.0 Å². The zero-order chi connectivity index (χ0) is 16.8. The number of hydrogen-bond acceptors (Lipinski definition) is 6. The summed E-state index contributed by atoms with van der Waals surface area (Å²) in [6.07, 6.45) is 3.36. The van der Waals surface area contributed by atoms with Crippen molar-refractivity contribution in [2.75, 3.05) is 6.26 Å². The molecule has 4 aromatic rings. The van der Waals surface area contributed by atoms with Crippen LogP contribution in [0.25, 0.3) is 27.6 Å². The standard InChI is InChI=1S/C16H12N6OS/c1-9(7-17)21-12-6-4-3-5-10(12)14-19-13-11(15(23)22(14)21)8-18-16(20-13)24-2/h3-6,8-9H,1-2H3. The van der Waals surface area contributed by atoms with Gasteiger partial charge in [-0.3, -0.25) is 9.48 Å². The zero-order valence-electron chi connectivity index (χ0n) is 13.0. The number of fused-ring (bicyclic) bond motifs is 4. The summed E-state index contributed by atoms with van der Waals surface area (Å²) in [6, 6.07) is 9.19. The number of hydrogen-bond donors (Lipinski definition) is 0. The van der Waals surface area contributed by atoms with E-state index >= 15 is 0 Å². The lowest BCUT2D eigenvalue weighted by atomic mass is 10.2. The van der Waals surface area contributed by atoms with Gasteiger partial charge >= 0.3 is 0 Å². The normalized spacial score (nSPS) is 12.7. The van der Waals surface area contributed by atoms with Crippen molar-refractivity contribution >= 4 is 39.3 Å². The number of thioether (sulfide) groups is 1. The van der Waals surface area contributed by atoms with Gasteiger partial charge < -0.3 is 0 Å². The van der Waals surface area contributed by atoms with Crippen molar-refractivity contribution in [3.63, 3.8) is 0 Å². The first-order valence-electron chi connectivity index (χ1n) is 7.28. The summed E-state index contributed by atoms with van der Waals surface area (Å²) in [7, 11) is 0. The van der Waals surface area contributed by atoms with Crippen LogP contribution in [0, 0.1) is 11.3 Å². The summed E-state index contributed by atoms with van der Waals surface area (Å²) >= 11 is 1.39. The summed E-state index contributed by atoms with van der Waals surface area (Å²) in [5.74, 6) is 0. The minimum atomic E-state index is -0.518. The molecule has 0 bridgehead atoms. The molecule has 1 unspecified atom stereocenters. The van der Waals surface area contributed by atoms with Gasteiger partial charge in [0.15, 0.2) is 16.5 Å². The number of nitriles is 1. The molecule has 0 aliphatic heterocycles. The van der Waals surface area contributed by atoms with E-state index in [-0.39, 0.29) is 5.56 Å². The van der Waals surface area contributed by atoms with Crippen LogP contribution in [0.4, 0.5) is 0 Å². The fourth-order valence-corrected chi connectivity index (χ4v) is 3.17. The molecule has 4 rings (SSSR count).